The number of hydrogen-bond acceptors (Lipinski definition) is 4. The van der Waals surface area contributed by atoms with E-state index in [0.717, 1.165) is 22.4 Å². The third-order valence-electron chi connectivity index (χ3n) is 3.82. The highest BCUT2D eigenvalue weighted by molar-refractivity contribution is 5.94. The van der Waals surface area contributed by atoms with Crippen LogP contribution in [0.1, 0.15) is 23.0 Å². The Morgan fingerprint density at radius 3 is 2.74 bits per heavy atom. The van der Waals surface area contributed by atoms with Crippen molar-refractivity contribution in [1.29, 1.82) is 0 Å². The van der Waals surface area contributed by atoms with Gasteiger partial charge < -0.3 is 4.74 Å². The van der Waals surface area contributed by atoms with Gasteiger partial charge in [0, 0.05) is 5.56 Å². The molecule has 6 nitrogen and oxygen atoms in total. The number of benzene rings is 2. The minimum absolute atomic E-state index is 0.328. The van der Waals surface area contributed by atoms with Crippen molar-refractivity contribution in [1.82, 2.24) is 15.6 Å². The van der Waals surface area contributed by atoms with Gasteiger partial charge in [0.15, 0.2) is 0 Å². The number of nitrogens with one attached hydrogen (secondary N) is 2. The number of carbonyl (C=O) groups is 1. The summed E-state index contributed by atoms with van der Waals surface area (Å²) in [6.45, 7) is 1.92. The van der Waals surface area contributed by atoms with E-state index in [9.17, 15) is 4.79 Å². The van der Waals surface area contributed by atoms with Crippen LogP contribution in [0.3, 0.4) is 0 Å². The number of rotatable bonds is 6. The van der Waals surface area contributed by atoms with Crippen molar-refractivity contribution in [3.05, 3.63) is 77.5 Å². The average Bonchev–Trinajstić information content (AvgIpc) is 3.19. The van der Waals surface area contributed by atoms with E-state index in [-0.39, 0.29) is 5.91 Å². The second-order valence-corrected chi connectivity index (χ2v) is 5.90. The van der Waals surface area contributed by atoms with E-state index in [1.807, 2.05) is 67.6 Å². The summed E-state index contributed by atoms with van der Waals surface area (Å²) in [4.78, 5) is 12.2. The van der Waals surface area contributed by atoms with E-state index in [4.69, 9.17) is 4.74 Å². The SMILES string of the molecule is COc1cccc(-c2cc(C(=O)NN=CC(C)=Cc3ccccc3)[nH]n2)c1. The number of aromatic nitrogens is 2. The Balaban J connectivity index is 1.63. The van der Waals surface area contributed by atoms with E-state index in [2.05, 4.69) is 20.7 Å². The van der Waals surface area contributed by atoms with Gasteiger partial charge in [0.05, 0.1) is 19.0 Å². The lowest BCUT2D eigenvalue weighted by Crippen LogP contribution is -2.17. The number of ether oxygens (including phenoxy) is 1. The molecular formula is C21H20N4O2. The Morgan fingerprint density at radius 2 is 1.96 bits per heavy atom. The van der Waals surface area contributed by atoms with Gasteiger partial charge in [0.2, 0.25) is 0 Å². The highest BCUT2D eigenvalue weighted by Crippen LogP contribution is 2.22. The lowest BCUT2D eigenvalue weighted by atomic mass is 10.1. The number of hydrazone groups is 1. The second kappa shape index (κ2) is 8.62. The predicted molar refractivity (Wildman–Crippen MR) is 107 cm³/mol. The first-order valence-corrected chi connectivity index (χ1v) is 8.42. The molecule has 0 fully saturated rings. The van der Waals surface area contributed by atoms with Crippen LogP contribution in [0.25, 0.3) is 17.3 Å². The zero-order valence-corrected chi connectivity index (χ0v) is 15.1. The van der Waals surface area contributed by atoms with Gasteiger partial charge >= 0.3 is 0 Å². The summed E-state index contributed by atoms with van der Waals surface area (Å²) in [6, 6.07) is 19.0. The van der Waals surface area contributed by atoms with Gasteiger partial charge in [-0.15, -0.1) is 0 Å². The van der Waals surface area contributed by atoms with Crippen LogP contribution in [0.5, 0.6) is 5.75 Å². The van der Waals surface area contributed by atoms with Gasteiger partial charge in [-0.25, -0.2) is 5.43 Å². The molecule has 1 aromatic heterocycles. The molecule has 0 aliphatic rings. The number of amides is 1. The summed E-state index contributed by atoms with van der Waals surface area (Å²) in [7, 11) is 1.61. The molecule has 0 unspecified atom stereocenters. The maximum atomic E-state index is 12.2. The summed E-state index contributed by atoms with van der Waals surface area (Å²) < 4.78 is 5.21. The minimum atomic E-state index is -0.361. The van der Waals surface area contributed by atoms with Crippen LogP contribution in [-0.4, -0.2) is 29.4 Å². The summed E-state index contributed by atoms with van der Waals surface area (Å²) in [5, 5.41) is 10.9. The highest BCUT2D eigenvalue weighted by atomic mass is 16.5. The quantitative estimate of drug-likeness (QED) is 0.517. The van der Waals surface area contributed by atoms with Gasteiger partial charge in [0.25, 0.3) is 5.91 Å². The number of carbonyl (C=O) groups excluding carboxylic acids is 1. The van der Waals surface area contributed by atoms with Crippen LogP contribution in [0.2, 0.25) is 0 Å². The molecule has 0 aliphatic carbocycles. The topological polar surface area (TPSA) is 79.4 Å². The molecule has 2 aromatic carbocycles. The van der Waals surface area contributed by atoms with Gasteiger partial charge in [-0.05, 0) is 36.3 Å². The number of aromatic amines is 1. The van der Waals surface area contributed by atoms with Crippen LogP contribution < -0.4 is 10.2 Å². The molecule has 0 saturated carbocycles. The molecule has 136 valence electrons. The molecule has 27 heavy (non-hydrogen) atoms. The fourth-order valence-electron chi connectivity index (χ4n) is 2.47. The van der Waals surface area contributed by atoms with Crippen LogP contribution in [0.15, 0.2) is 71.3 Å². The van der Waals surface area contributed by atoms with Crippen molar-refractivity contribution in [2.24, 2.45) is 5.10 Å². The number of H-pyrrole nitrogens is 1. The maximum absolute atomic E-state index is 12.2. The standard InChI is InChI=1S/C21H20N4O2/c1-15(11-16-7-4-3-5-8-16)14-22-25-21(26)20-13-19(23-24-20)17-9-6-10-18(12-17)27-2/h3-14H,1-2H3,(H,23,24)(H,25,26). The zero-order chi connectivity index (χ0) is 19.1. The first-order chi connectivity index (χ1) is 13.2. The molecule has 0 aliphatic heterocycles. The van der Waals surface area contributed by atoms with E-state index >= 15 is 0 Å². The molecular weight excluding hydrogens is 340 g/mol. The van der Waals surface area contributed by atoms with Crippen molar-refractivity contribution in [3.63, 3.8) is 0 Å². The second-order valence-electron chi connectivity index (χ2n) is 5.90. The Morgan fingerprint density at radius 1 is 1.15 bits per heavy atom. The molecule has 2 N–H and O–H groups in total. The molecule has 0 spiro atoms. The third kappa shape index (κ3) is 4.92. The number of nitrogens with zero attached hydrogens (tertiary/aromatic N) is 2. The molecule has 3 rings (SSSR count). The Kier molecular flexibility index (Phi) is 5.79. The summed E-state index contributed by atoms with van der Waals surface area (Å²) in [5.41, 5.74) is 6.33. The average molecular weight is 360 g/mol. The van der Waals surface area contributed by atoms with Gasteiger partial charge in [-0.1, -0.05) is 48.5 Å². The fourth-order valence-corrected chi connectivity index (χ4v) is 2.47. The van der Waals surface area contributed by atoms with Crippen LogP contribution >= 0.6 is 0 Å². The molecule has 0 saturated heterocycles. The monoisotopic (exact) mass is 360 g/mol. The zero-order valence-electron chi connectivity index (χ0n) is 15.1. The molecule has 0 atom stereocenters. The lowest BCUT2D eigenvalue weighted by molar-refractivity contribution is 0.0950. The molecule has 0 radical (unpaired) electrons. The fraction of sp³-hybridized carbons (Fsp3) is 0.0952. The van der Waals surface area contributed by atoms with Crippen LogP contribution in [0.4, 0.5) is 0 Å². The summed E-state index contributed by atoms with van der Waals surface area (Å²) in [5.74, 6) is 0.368. The van der Waals surface area contributed by atoms with Crippen molar-refractivity contribution >= 4 is 18.2 Å². The number of methoxy groups -OCH3 is 1. The first kappa shape index (κ1) is 18.1. The molecule has 0 bridgehead atoms. The molecule has 1 amide bonds. The van der Waals surface area contributed by atoms with Crippen molar-refractivity contribution < 1.29 is 9.53 Å². The van der Waals surface area contributed by atoms with Gasteiger partial charge in [-0.3, -0.25) is 9.89 Å². The normalized spacial score (nSPS) is 11.6. The Bertz CT molecular complexity index is 975. The Labute approximate surface area is 157 Å². The van der Waals surface area contributed by atoms with Crippen LogP contribution in [0, 0.1) is 0 Å². The number of hydrogen-bond donors (Lipinski definition) is 2. The van der Waals surface area contributed by atoms with E-state index < -0.39 is 0 Å². The Hall–Kier alpha value is -3.67. The molecule has 6 heteroatoms. The summed E-state index contributed by atoms with van der Waals surface area (Å²) in [6.07, 6.45) is 3.58. The first-order valence-electron chi connectivity index (χ1n) is 8.42. The van der Waals surface area contributed by atoms with Crippen molar-refractivity contribution in [2.45, 2.75) is 6.92 Å². The smallest absolute Gasteiger partial charge is 0.289 e. The minimum Gasteiger partial charge on any atom is -0.497 e. The van der Waals surface area contributed by atoms with E-state index in [1.54, 1.807) is 19.4 Å². The highest BCUT2D eigenvalue weighted by Gasteiger charge is 2.10. The third-order valence-corrected chi connectivity index (χ3v) is 3.82. The predicted octanol–water partition coefficient (Wildman–Crippen LogP) is 3.90. The molecule has 1 heterocycles. The van der Waals surface area contributed by atoms with Crippen LogP contribution in [-0.2, 0) is 0 Å². The molecule has 3 aromatic rings. The largest absolute Gasteiger partial charge is 0.497 e. The summed E-state index contributed by atoms with van der Waals surface area (Å²) >= 11 is 0. The number of allylic oxidation sites excluding steroid dienone is 1. The van der Waals surface area contributed by atoms with Crippen molar-refractivity contribution in [3.8, 4) is 17.0 Å². The maximum Gasteiger partial charge on any atom is 0.289 e. The lowest BCUT2D eigenvalue weighted by Gasteiger charge is -2.00. The van der Waals surface area contributed by atoms with Crippen molar-refractivity contribution in [2.75, 3.05) is 7.11 Å². The van der Waals surface area contributed by atoms with Gasteiger partial charge in [0.1, 0.15) is 11.4 Å². The van der Waals surface area contributed by atoms with E-state index in [0.29, 0.717) is 11.4 Å². The van der Waals surface area contributed by atoms with E-state index in [1.165, 1.54) is 0 Å². The van der Waals surface area contributed by atoms with Gasteiger partial charge in [-0.2, -0.15) is 10.2 Å².